The molecular weight excluding hydrogens is 378 g/mol. The van der Waals surface area contributed by atoms with Crippen LogP contribution in [0.2, 0.25) is 0 Å². The van der Waals surface area contributed by atoms with E-state index >= 15 is 0 Å². The Morgan fingerprint density at radius 2 is 1.00 bits per heavy atom. The SMILES string of the molecule is CCCCCC(N)=O.CS(=O)(=O)O.CS(=O)(=O)O.CS(=O)(=O)O. The van der Waals surface area contributed by atoms with E-state index in [1.165, 1.54) is 0 Å². The number of hydrogen-bond acceptors (Lipinski definition) is 7. The van der Waals surface area contributed by atoms with E-state index in [0.29, 0.717) is 25.2 Å². The Morgan fingerprint density at radius 1 is 0.783 bits per heavy atom. The lowest BCUT2D eigenvalue weighted by atomic mass is 10.2. The van der Waals surface area contributed by atoms with Gasteiger partial charge in [-0.3, -0.25) is 18.5 Å². The molecular formula is C9H25NO10S3. The number of unbranched alkanes of at least 4 members (excludes halogenated alkanes) is 2. The van der Waals surface area contributed by atoms with Crippen LogP contribution in [-0.4, -0.2) is 63.6 Å². The van der Waals surface area contributed by atoms with Crippen LogP contribution in [0, 0.1) is 0 Å². The number of nitrogens with two attached hydrogens (primary N) is 1. The van der Waals surface area contributed by atoms with Crippen molar-refractivity contribution in [1.29, 1.82) is 0 Å². The fraction of sp³-hybridized carbons (Fsp3) is 0.889. The van der Waals surface area contributed by atoms with Gasteiger partial charge in [-0.05, 0) is 6.42 Å². The summed E-state index contributed by atoms with van der Waals surface area (Å²) in [6, 6.07) is 0. The Morgan fingerprint density at radius 3 is 1.13 bits per heavy atom. The van der Waals surface area contributed by atoms with Crippen LogP contribution in [0.1, 0.15) is 32.6 Å². The van der Waals surface area contributed by atoms with Gasteiger partial charge in [-0.2, -0.15) is 25.3 Å². The molecule has 1 amide bonds. The third kappa shape index (κ3) is 443. The van der Waals surface area contributed by atoms with Crippen LogP contribution in [0.15, 0.2) is 0 Å². The van der Waals surface area contributed by atoms with E-state index in [4.69, 9.17) is 19.4 Å². The third-order valence-corrected chi connectivity index (χ3v) is 1.03. The van der Waals surface area contributed by atoms with Gasteiger partial charge in [0.25, 0.3) is 30.4 Å². The van der Waals surface area contributed by atoms with E-state index in [-0.39, 0.29) is 5.91 Å². The van der Waals surface area contributed by atoms with Gasteiger partial charge in [-0.15, -0.1) is 0 Å². The minimum Gasteiger partial charge on any atom is -0.370 e. The molecule has 5 N–H and O–H groups in total. The Balaban J connectivity index is -0.000000108. The zero-order valence-corrected chi connectivity index (χ0v) is 15.8. The second-order valence-corrected chi connectivity index (χ2v) is 8.52. The minimum atomic E-state index is -3.67. The molecule has 0 aliphatic heterocycles. The maximum atomic E-state index is 10.1. The van der Waals surface area contributed by atoms with Gasteiger partial charge in [0, 0.05) is 6.42 Å². The molecule has 0 atom stereocenters. The van der Waals surface area contributed by atoms with E-state index in [1.807, 2.05) is 0 Å². The van der Waals surface area contributed by atoms with Crippen molar-refractivity contribution in [3.05, 3.63) is 0 Å². The van der Waals surface area contributed by atoms with Crippen molar-refractivity contribution in [2.45, 2.75) is 32.6 Å². The van der Waals surface area contributed by atoms with Crippen molar-refractivity contribution < 1.29 is 43.7 Å². The summed E-state index contributed by atoms with van der Waals surface area (Å²) in [6.45, 7) is 2.10. The van der Waals surface area contributed by atoms with Gasteiger partial charge in [0.15, 0.2) is 0 Å². The Kier molecular flexibility index (Phi) is 19.3. The Labute approximate surface area is 137 Å². The maximum Gasteiger partial charge on any atom is 0.261 e. The van der Waals surface area contributed by atoms with E-state index < -0.39 is 30.4 Å². The molecule has 0 rings (SSSR count). The van der Waals surface area contributed by atoms with E-state index in [2.05, 4.69) is 6.92 Å². The predicted octanol–water partition coefficient (Wildman–Crippen LogP) is -0.436. The lowest BCUT2D eigenvalue weighted by Crippen LogP contribution is -2.09. The van der Waals surface area contributed by atoms with Crippen molar-refractivity contribution in [2.24, 2.45) is 5.73 Å². The summed E-state index contributed by atoms with van der Waals surface area (Å²) in [6.07, 6.45) is 5.91. The highest BCUT2D eigenvalue weighted by molar-refractivity contribution is 7.85. The maximum absolute atomic E-state index is 10.1. The summed E-state index contributed by atoms with van der Waals surface area (Å²) in [7, 11) is -11.0. The van der Waals surface area contributed by atoms with Crippen LogP contribution in [0.4, 0.5) is 0 Å². The molecule has 0 aromatic rings. The smallest absolute Gasteiger partial charge is 0.261 e. The van der Waals surface area contributed by atoms with Crippen molar-refractivity contribution in [2.75, 3.05) is 18.8 Å². The highest BCUT2D eigenvalue weighted by atomic mass is 32.2. The molecule has 0 aromatic carbocycles. The molecule has 0 unspecified atom stereocenters. The second kappa shape index (κ2) is 14.8. The Hall–Kier alpha value is -0.800. The lowest BCUT2D eigenvalue weighted by molar-refractivity contribution is -0.118. The zero-order valence-electron chi connectivity index (χ0n) is 13.3. The quantitative estimate of drug-likeness (QED) is 0.351. The van der Waals surface area contributed by atoms with E-state index in [0.717, 1.165) is 19.3 Å². The predicted molar refractivity (Wildman–Crippen MR) is 85.8 cm³/mol. The van der Waals surface area contributed by atoms with Crippen molar-refractivity contribution in [3.8, 4) is 0 Å². The summed E-state index contributed by atoms with van der Waals surface area (Å²) in [5.74, 6) is -0.182. The monoisotopic (exact) mass is 403 g/mol. The molecule has 144 valence electrons. The number of primary amides is 1. The highest BCUT2D eigenvalue weighted by Crippen LogP contribution is 1.96. The topological polar surface area (TPSA) is 206 Å². The van der Waals surface area contributed by atoms with Gasteiger partial charge in [-0.25, -0.2) is 0 Å². The summed E-state index contributed by atoms with van der Waals surface area (Å²) < 4.78 is 77.6. The number of hydrogen-bond donors (Lipinski definition) is 4. The second-order valence-electron chi connectivity index (χ2n) is 4.12. The van der Waals surface area contributed by atoms with Crippen LogP contribution in [-0.2, 0) is 35.1 Å². The molecule has 0 aromatic heterocycles. The largest absolute Gasteiger partial charge is 0.370 e. The molecule has 14 heteroatoms. The van der Waals surface area contributed by atoms with Crippen LogP contribution >= 0.6 is 0 Å². The molecule has 0 fully saturated rings. The lowest BCUT2D eigenvalue weighted by Gasteiger charge is -1.90. The molecule has 0 heterocycles. The zero-order chi connectivity index (χ0) is 19.9. The Bertz CT molecular complexity index is 496. The molecule has 0 saturated carbocycles. The highest BCUT2D eigenvalue weighted by Gasteiger charge is 1.90. The first-order chi connectivity index (χ1) is 9.77. The van der Waals surface area contributed by atoms with Gasteiger partial charge < -0.3 is 5.73 Å². The first-order valence-electron chi connectivity index (χ1n) is 5.83. The van der Waals surface area contributed by atoms with Gasteiger partial charge >= 0.3 is 0 Å². The normalized spacial score (nSPS) is 10.7. The van der Waals surface area contributed by atoms with E-state index in [9.17, 15) is 30.0 Å². The van der Waals surface area contributed by atoms with Crippen LogP contribution in [0.25, 0.3) is 0 Å². The van der Waals surface area contributed by atoms with Crippen LogP contribution in [0.3, 0.4) is 0 Å². The first kappa shape index (κ1) is 30.1. The molecule has 11 nitrogen and oxygen atoms in total. The number of rotatable bonds is 4. The van der Waals surface area contributed by atoms with Gasteiger partial charge in [0.05, 0.1) is 18.8 Å². The average Bonchev–Trinajstić information content (AvgIpc) is 2.08. The van der Waals surface area contributed by atoms with Crippen molar-refractivity contribution in [3.63, 3.8) is 0 Å². The molecule has 23 heavy (non-hydrogen) atoms. The van der Waals surface area contributed by atoms with Crippen LogP contribution < -0.4 is 5.73 Å². The summed E-state index contributed by atoms with van der Waals surface area (Å²) in [5.41, 5.74) is 4.89. The minimum absolute atomic E-state index is 0.182. The summed E-state index contributed by atoms with van der Waals surface area (Å²) in [5, 5.41) is 0. The van der Waals surface area contributed by atoms with Crippen LogP contribution in [0.5, 0.6) is 0 Å². The van der Waals surface area contributed by atoms with Crippen molar-refractivity contribution in [1.82, 2.24) is 0 Å². The molecule has 0 aliphatic rings. The summed E-state index contributed by atoms with van der Waals surface area (Å²) >= 11 is 0. The van der Waals surface area contributed by atoms with Gasteiger partial charge in [-0.1, -0.05) is 19.8 Å². The summed E-state index contributed by atoms with van der Waals surface area (Å²) in [4.78, 5) is 10.1. The fourth-order valence-corrected chi connectivity index (χ4v) is 0.549. The molecule has 0 radical (unpaired) electrons. The van der Waals surface area contributed by atoms with Crippen molar-refractivity contribution >= 4 is 36.3 Å². The fourth-order valence-electron chi connectivity index (χ4n) is 0.549. The van der Waals surface area contributed by atoms with E-state index in [1.54, 1.807) is 0 Å². The first-order valence-corrected chi connectivity index (χ1v) is 11.4. The third-order valence-electron chi connectivity index (χ3n) is 1.03. The standard InChI is InChI=1S/C6H13NO.3CH4O3S/c1-2-3-4-5-6(7)8;3*1-5(2,3)4/h2-5H2,1H3,(H2,7,8);3*1H3,(H,2,3,4). The van der Waals surface area contributed by atoms with Gasteiger partial charge in [0.1, 0.15) is 0 Å². The molecule has 0 saturated heterocycles. The average molecular weight is 403 g/mol. The number of amides is 1. The number of carbonyl (C=O) groups excluding carboxylic acids is 1. The van der Waals surface area contributed by atoms with Gasteiger partial charge in [0.2, 0.25) is 5.91 Å². The molecule has 0 spiro atoms. The molecule has 0 bridgehead atoms. The molecule has 0 aliphatic carbocycles. The number of carbonyl (C=O) groups is 1.